The molecule has 0 aromatic rings. The largest absolute Gasteiger partial charge is 2.00 e. The third-order valence-corrected chi connectivity index (χ3v) is 0. The summed E-state index contributed by atoms with van der Waals surface area (Å²) in [5.41, 5.74) is 0. The maximum atomic E-state index is 0. The van der Waals surface area contributed by atoms with E-state index in [1.54, 1.807) is 0 Å². The van der Waals surface area contributed by atoms with E-state index in [0.29, 0.717) is 0 Å². The van der Waals surface area contributed by atoms with Gasteiger partial charge in [0.1, 0.15) is 0 Å². The van der Waals surface area contributed by atoms with E-state index in [1.807, 2.05) is 0 Å². The maximum Gasteiger partial charge on any atom is 2.00 e. The van der Waals surface area contributed by atoms with Crippen LogP contribution in [0, 0.1) is 0 Å². The Balaban J connectivity index is 0. The Morgan fingerprint density at radius 3 is 0.0300 bits per heavy atom. The molecule has 160 N–H and O–H groups in total. The van der Waals surface area contributed by atoms with Gasteiger partial charge >= 0.3 is 231 Å². The molecule has 90 nitrogen and oxygen atoms in total. The zero-order valence-corrected chi connectivity index (χ0v) is 65.2. The Hall–Kier alpha value is 4.06. The van der Waals surface area contributed by atoms with E-state index >= 15 is 0 Å². The minimum absolute atomic E-state index is 0. The van der Waals surface area contributed by atoms with Crippen LogP contribution >= 0.6 is 0 Å². The summed E-state index contributed by atoms with van der Waals surface area (Å²) in [5.74, 6) is 0. The molecule has 0 aromatic heterocycles. The van der Waals surface area contributed by atoms with Crippen molar-refractivity contribution >= 4 is 231 Å². The first-order valence-electron chi connectivity index (χ1n) is 0. The van der Waals surface area contributed by atoms with Crippen LogP contribution in [0.5, 0.6) is 0 Å². The summed E-state index contributed by atoms with van der Waals surface area (Å²) in [6.07, 6.45) is 0. The topological polar surface area (TPSA) is 2800 Å². The normalized spacial score (nSPS) is 0. The average molecular weight is 1840 g/mol. The summed E-state index contributed by atoms with van der Waals surface area (Å²) in [7, 11) is 0. The summed E-state index contributed by atoms with van der Waals surface area (Å²) in [4.78, 5) is 0. The van der Waals surface area contributed by atoms with Crippen LogP contribution in [0.4, 0.5) is 0 Å². The first-order valence-corrected chi connectivity index (χ1v) is 0. The Labute approximate surface area is 717 Å². The number of rotatable bonds is 0. The van der Waals surface area contributed by atoms with Crippen LogP contribution < -0.4 is 0 Å². The Bertz CT molecular complexity index is 46.9. The van der Waals surface area contributed by atoms with Crippen molar-refractivity contribution < 1.29 is 493 Å². The molecule has 0 heterocycles. The molecule has 0 spiro atoms. The third kappa shape index (κ3) is 63200. The molecule has 100 heteroatoms. The fraction of sp³-hybridized carbons (Fsp3) is 0. The van der Waals surface area contributed by atoms with Crippen molar-refractivity contribution in [3.8, 4) is 0 Å². The number of hydrogen-bond donors (Lipinski definition) is 0. The van der Waals surface area contributed by atoms with Crippen LogP contribution in [0.25, 0.3) is 0 Å². The van der Waals surface area contributed by atoms with Crippen LogP contribution in [-0.4, -0.2) is 723 Å². The van der Waals surface area contributed by atoms with Crippen molar-refractivity contribution in [3.63, 3.8) is 0 Å². The van der Waals surface area contributed by atoms with Crippen molar-refractivity contribution in [2.45, 2.75) is 0 Å². The fourth-order valence-electron chi connectivity index (χ4n) is 0. The molecular formula is H160Mg10O90. The van der Waals surface area contributed by atoms with Crippen molar-refractivity contribution in [1.29, 1.82) is 0 Å². The van der Waals surface area contributed by atoms with E-state index in [9.17, 15) is 0 Å². The van der Waals surface area contributed by atoms with Gasteiger partial charge in [0.05, 0.1) is 0 Å². The molecule has 100 heavy (non-hydrogen) atoms. The van der Waals surface area contributed by atoms with Crippen molar-refractivity contribution in [1.82, 2.24) is 0 Å². The molecule has 0 radical (unpaired) electrons. The van der Waals surface area contributed by atoms with Crippen LogP contribution in [0.3, 0.4) is 0 Å². The average Bonchev–Trinajstić information content (AvgIpc) is 0. The Morgan fingerprint density at radius 1 is 0.0300 bits per heavy atom. The third-order valence-electron chi connectivity index (χ3n) is 0. The molecule has 0 unspecified atom stereocenters. The molecule has 0 aromatic carbocycles. The minimum atomic E-state index is 0. The molecule has 720 valence electrons. The van der Waals surface area contributed by atoms with Gasteiger partial charge in [-0.15, -0.1) is 0 Å². The van der Waals surface area contributed by atoms with E-state index in [0.717, 1.165) is 0 Å². The van der Waals surface area contributed by atoms with Gasteiger partial charge in [0, 0.05) is 0 Å². The summed E-state index contributed by atoms with van der Waals surface area (Å²) >= 11 is 0. The van der Waals surface area contributed by atoms with Gasteiger partial charge in [-0.1, -0.05) is 0 Å². The molecule has 0 atom stereocenters. The molecule has 0 rings (SSSR count). The van der Waals surface area contributed by atoms with E-state index < -0.39 is 0 Å². The SMILES string of the molecule is O.O.O.O.O.O.O.O.O.O.O.O.O.O.O.O.O.O.O.O.O.O.O.O.O.O.O.O.O.O.O.O.O.O.O.O.O.O.O.O.O.O.O.O.O.O.O.O.O.O.O.O.O.O.O.O.O.O.O.O.O.O.O.O.O.O.O.O.O.O.[Mg+2].[Mg+2].[Mg+2].[Mg+2].[Mg+2].[Mg+2].[Mg+2].[Mg+2].[Mg+2].[Mg+2].[OH-].[OH-].[OH-].[OH-].[OH-].[OH-].[OH-].[OH-].[OH-].[OH-].[OH-].[OH-].[OH-].[OH-].[OH-].[OH-].[OH-].[OH-].[OH-].[OH-]. The Morgan fingerprint density at radius 2 is 0.0300 bits per heavy atom. The van der Waals surface area contributed by atoms with Crippen LogP contribution in [0.2, 0.25) is 0 Å². The van der Waals surface area contributed by atoms with E-state index in [2.05, 4.69) is 0 Å². The standard InChI is InChI=1S/10Mg.90H2O/h;;;;;;;;;;90*1H2/q10*+2;;;;;;;;;;;;;;;;;;;;;;;;;;;;;;;;;;;;;;;;;;;;;;;;;;;;;;;;;;;;;;;;;;;;;;;;;;;;;;;;;;;;;;;;;;/p-20. The first-order chi connectivity index (χ1) is 0. The van der Waals surface area contributed by atoms with Gasteiger partial charge in [0.2, 0.25) is 0 Å². The van der Waals surface area contributed by atoms with Crippen molar-refractivity contribution in [2.24, 2.45) is 0 Å². The second-order valence-corrected chi connectivity index (χ2v) is 0. The zero-order valence-electron chi connectivity index (χ0n) is 51.0. The summed E-state index contributed by atoms with van der Waals surface area (Å²) in [6.45, 7) is 0. The minimum Gasteiger partial charge on any atom is -0.870 e. The molecule has 0 saturated carbocycles. The molecule has 0 saturated heterocycles. The van der Waals surface area contributed by atoms with Gasteiger partial charge in [0.25, 0.3) is 0 Å². The second kappa shape index (κ2) is 65100. The predicted octanol–water partition coefficient (Wildman–Crippen LogP) is -65.1. The van der Waals surface area contributed by atoms with Gasteiger partial charge in [-0.3, -0.25) is 0 Å². The monoisotopic (exact) mass is 1840 g/mol. The molecule has 0 aliphatic carbocycles. The van der Waals surface area contributed by atoms with Gasteiger partial charge in [-0.05, 0) is 0 Å². The molecule has 0 amide bonds. The van der Waals surface area contributed by atoms with Gasteiger partial charge in [0.15, 0.2) is 0 Å². The predicted molar refractivity (Wildman–Crippen MR) is 349 cm³/mol. The molecule has 0 aliphatic rings. The van der Waals surface area contributed by atoms with Gasteiger partial charge in [-0.25, -0.2) is 0 Å². The van der Waals surface area contributed by atoms with Crippen LogP contribution in [0.1, 0.15) is 0 Å². The molecule has 0 aliphatic heterocycles. The quantitative estimate of drug-likeness (QED) is 0.203. The van der Waals surface area contributed by atoms with E-state index in [4.69, 9.17) is 0 Å². The second-order valence-electron chi connectivity index (χ2n) is 0. The van der Waals surface area contributed by atoms with Gasteiger partial charge in [-0.2, -0.15) is 0 Å². The first kappa shape index (κ1) is 67000. The van der Waals surface area contributed by atoms with Crippen LogP contribution in [0.15, 0.2) is 0 Å². The molecular weight excluding hydrogens is 1680 g/mol. The van der Waals surface area contributed by atoms with E-state index in [-0.39, 0.29) is 723 Å². The van der Waals surface area contributed by atoms with Gasteiger partial charge < -0.3 is 493 Å². The van der Waals surface area contributed by atoms with E-state index in [1.165, 1.54) is 0 Å². The summed E-state index contributed by atoms with van der Waals surface area (Å²) < 4.78 is 0. The smallest absolute Gasteiger partial charge is 0.870 e. The van der Waals surface area contributed by atoms with Crippen LogP contribution in [-0.2, 0) is 0 Å². The zero-order chi connectivity index (χ0) is 0. The summed E-state index contributed by atoms with van der Waals surface area (Å²) in [6, 6.07) is 0. The Kier molecular flexibility index (Phi) is 43600000. The number of hydrogen-bond acceptors (Lipinski definition) is 20. The van der Waals surface area contributed by atoms with Crippen molar-refractivity contribution in [3.05, 3.63) is 0 Å². The summed E-state index contributed by atoms with van der Waals surface area (Å²) in [5, 5.41) is 0. The molecule has 0 bridgehead atoms. The van der Waals surface area contributed by atoms with Crippen molar-refractivity contribution in [2.75, 3.05) is 0 Å². The molecule has 0 fully saturated rings. The fourth-order valence-corrected chi connectivity index (χ4v) is 0. The maximum absolute atomic E-state index is 0.